The number of rotatable bonds is 3. The molecular weight excluding hydrogens is 599 g/mol. The molecule has 0 aliphatic rings. The topological polar surface area (TPSA) is 40.0 Å². The standard InChI is InChI=1S/C44H27N5/c1-2-14-29(15-3-1)48-40-24-11-8-21-36(40)45-43(48)28-13-12-16-30(25-28)47-38-22-9-7-19-33(38)35-26-37-42(27-41(35)47)49-39-23-10-6-18-32(39)31-17-4-5-20-34(31)44(49)46-37/h1-27H. The summed E-state index contributed by atoms with van der Waals surface area (Å²) in [4.78, 5) is 10.5. The molecule has 7 aromatic carbocycles. The van der Waals surface area contributed by atoms with Crippen LogP contribution in [0.25, 0.3) is 94.0 Å². The average molecular weight is 626 g/mol. The summed E-state index contributed by atoms with van der Waals surface area (Å²) in [5.74, 6) is 0.914. The minimum atomic E-state index is 0.914. The Labute approximate surface area is 280 Å². The van der Waals surface area contributed by atoms with Gasteiger partial charge in [0.05, 0.1) is 38.6 Å². The fraction of sp³-hybridized carbons (Fsp3) is 0. The molecule has 4 heterocycles. The van der Waals surface area contributed by atoms with Crippen molar-refractivity contribution in [2.75, 3.05) is 0 Å². The van der Waals surface area contributed by atoms with Crippen molar-refractivity contribution in [1.82, 2.24) is 23.5 Å². The van der Waals surface area contributed by atoms with E-state index in [0.717, 1.165) is 72.4 Å². The Kier molecular flexibility index (Phi) is 5.32. The Hall–Kier alpha value is -6.72. The van der Waals surface area contributed by atoms with E-state index in [-0.39, 0.29) is 0 Å². The van der Waals surface area contributed by atoms with Crippen LogP contribution in [0.3, 0.4) is 0 Å². The highest BCUT2D eigenvalue weighted by atomic mass is 15.1. The van der Waals surface area contributed by atoms with Gasteiger partial charge in [0.15, 0.2) is 0 Å². The maximum Gasteiger partial charge on any atom is 0.146 e. The van der Waals surface area contributed by atoms with E-state index in [9.17, 15) is 0 Å². The van der Waals surface area contributed by atoms with E-state index < -0.39 is 0 Å². The molecule has 0 aliphatic heterocycles. The second-order valence-electron chi connectivity index (χ2n) is 12.7. The van der Waals surface area contributed by atoms with Gasteiger partial charge < -0.3 is 4.57 Å². The first-order valence-electron chi connectivity index (χ1n) is 16.6. The van der Waals surface area contributed by atoms with Crippen molar-refractivity contribution in [2.45, 2.75) is 0 Å². The fourth-order valence-electron chi connectivity index (χ4n) is 7.89. The smallest absolute Gasteiger partial charge is 0.146 e. The molecule has 0 unspecified atom stereocenters. The Morgan fingerprint density at radius 1 is 0.347 bits per heavy atom. The lowest BCUT2D eigenvalue weighted by Gasteiger charge is -2.12. The molecular formula is C44H27N5. The van der Waals surface area contributed by atoms with Gasteiger partial charge in [-0.3, -0.25) is 8.97 Å². The molecule has 0 aliphatic carbocycles. The summed E-state index contributed by atoms with van der Waals surface area (Å²) in [5.41, 5.74) is 11.8. The van der Waals surface area contributed by atoms with Crippen LogP contribution in [-0.2, 0) is 0 Å². The molecule has 0 N–H and O–H groups in total. The highest BCUT2D eigenvalue weighted by Gasteiger charge is 2.20. The summed E-state index contributed by atoms with van der Waals surface area (Å²) in [6.07, 6.45) is 0. The van der Waals surface area contributed by atoms with Crippen LogP contribution in [0.4, 0.5) is 0 Å². The van der Waals surface area contributed by atoms with Gasteiger partial charge in [-0.05, 0) is 66.0 Å². The third-order valence-corrected chi connectivity index (χ3v) is 9.99. The lowest BCUT2D eigenvalue weighted by molar-refractivity contribution is 1.10. The van der Waals surface area contributed by atoms with Crippen LogP contribution >= 0.6 is 0 Å². The third-order valence-electron chi connectivity index (χ3n) is 9.99. The van der Waals surface area contributed by atoms with Crippen LogP contribution in [0.15, 0.2) is 164 Å². The van der Waals surface area contributed by atoms with Gasteiger partial charge >= 0.3 is 0 Å². The summed E-state index contributed by atoms with van der Waals surface area (Å²) in [5, 5.41) is 5.98. The molecule has 0 radical (unpaired) electrons. The number of fused-ring (bicyclic) bond motifs is 12. The molecule has 5 nitrogen and oxygen atoms in total. The molecule has 0 saturated heterocycles. The van der Waals surface area contributed by atoms with Crippen LogP contribution in [-0.4, -0.2) is 23.5 Å². The molecule has 0 bridgehead atoms. The number of benzene rings is 7. The highest BCUT2D eigenvalue weighted by Crippen LogP contribution is 2.39. The summed E-state index contributed by atoms with van der Waals surface area (Å²) < 4.78 is 7.00. The maximum atomic E-state index is 5.29. The monoisotopic (exact) mass is 625 g/mol. The Morgan fingerprint density at radius 3 is 1.84 bits per heavy atom. The van der Waals surface area contributed by atoms with Gasteiger partial charge in [-0.25, -0.2) is 9.97 Å². The van der Waals surface area contributed by atoms with Gasteiger partial charge in [0.25, 0.3) is 0 Å². The van der Waals surface area contributed by atoms with Crippen LogP contribution < -0.4 is 0 Å². The first-order valence-corrected chi connectivity index (χ1v) is 16.6. The zero-order chi connectivity index (χ0) is 32.1. The molecule has 0 spiro atoms. The molecule has 4 aromatic heterocycles. The quantitative estimate of drug-likeness (QED) is 0.183. The Bertz CT molecular complexity index is 3110. The van der Waals surface area contributed by atoms with Crippen molar-refractivity contribution < 1.29 is 0 Å². The van der Waals surface area contributed by atoms with Crippen LogP contribution in [0.5, 0.6) is 0 Å². The number of para-hydroxylation sites is 5. The SMILES string of the molecule is c1ccc(-n2c(-c3cccc(-n4c5ccccc5c5cc6nc7c8ccccc8c8ccccc8n7c6cc54)c3)nc3ccccc32)cc1. The van der Waals surface area contributed by atoms with Gasteiger partial charge in [-0.1, -0.05) is 103 Å². The van der Waals surface area contributed by atoms with Crippen LogP contribution in [0, 0.1) is 0 Å². The molecule has 0 saturated carbocycles. The molecule has 5 heteroatoms. The van der Waals surface area contributed by atoms with E-state index in [0.29, 0.717) is 0 Å². The minimum absolute atomic E-state index is 0.914. The summed E-state index contributed by atoms with van der Waals surface area (Å²) in [7, 11) is 0. The van der Waals surface area contributed by atoms with Gasteiger partial charge in [0.2, 0.25) is 0 Å². The van der Waals surface area contributed by atoms with Crippen LogP contribution in [0.2, 0.25) is 0 Å². The number of hydrogen-bond acceptors (Lipinski definition) is 2. The molecule has 0 atom stereocenters. The van der Waals surface area contributed by atoms with Gasteiger partial charge in [-0.15, -0.1) is 0 Å². The molecule has 11 rings (SSSR count). The predicted molar refractivity (Wildman–Crippen MR) is 202 cm³/mol. The van der Waals surface area contributed by atoms with E-state index in [1.165, 1.54) is 21.5 Å². The molecule has 0 fully saturated rings. The maximum absolute atomic E-state index is 5.29. The Morgan fingerprint density at radius 2 is 1.00 bits per heavy atom. The number of hydrogen-bond donors (Lipinski definition) is 0. The highest BCUT2D eigenvalue weighted by molar-refractivity contribution is 6.17. The summed E-state index contributed by atoms with van der Waals surface area (Å²) in [6.45, 7) is 0. The normalized spacial score (nSPS) is 12.1. The van der Waals surface area contributed by atoms with Crippen molar-refractivity contribution in [3.8, 4) is 22.8 Å². The fourth-order valence-corrected chi connectivity index (χ4v) is 7.89. The molecule has 49 heavy (non-hydrogen) atoms. The first-order chi connectivity index (χ1) is 24.3. The third kappa shape index (κ3) is 3.70. The number of aromatic nitrogens is 5. The molecule has 0 amide bonds. The second kappa shape index (κ2) is 9.89. The number of pyridine rings is 1. The molecule has 11 aromatic rings. The lowest BCUT2D eigenvalue weighted by atomic mass is 10.1. The van der Waals surface area contributed by atoms with E-state index >= 15 is 0 Å². The predicted octanol–water partition coefficient (Wildman–Crippen LogP) is 10.9. The van der Waals surface area contributed by atoms with Crippen LogP contribution in [0.1, 0.15) is 0 Å². The van der Waals surface area contributed by atoms with Gasteiger partial charge in [-0.2, -0.15) is 0 Å². The van der Waals surface area contributed by atoms with E-state index in [1.54, 1.807) is 0 Å². The first kappa shape index (κ1) is 26.4. The van der Waals surface area contributed by atoms with Crippen molar-refractivity contribution in [1.29, 1.82) is 0 Å². The largest absolute Gasteiger partial charge is 0.309 e. The van der Waals surface area contributed by atoms with Crippen molar-refractivity contribution in [3.63, 3.8) is 0 Å². The summed E-state index contributed by atoms with van der Waals surface area (Å²) in [6, 6.07) is 58.2. The van der Waals surface area contributed by atoms with Gasteiger partial charge in [0.1, 0.15) is 11.5 Å². The zero-order valence-electron chi connectivity index (χ0n) is 26.3. The van der Waals surface area contributed by atoms with E-state index in [2.05, 4.69) is 177 Å². The summed E-state index contributed by atoms with van der Waals surface area (Å²) >= 11 is 0. The Balaban J connectivity index is 1.21. The van der Waals surface area contributed by atoms with E-state index in [4.69, 9.17) is 9.97 Å². The van der Waals surface area contributed by atoms with Crippen molar-refractivity contribution >= 4 is 71.2 Å². The van der Waals surface area contributed by atoms with Crippen molar-refractivity contribution in [3.05, 3.63) is 164 Å². The zero-order valence-corrected chi connectivity index (χ0v) is 26.3. The minimum Gasteiger partial charge on any atom is -0.309 e. The van der Waals surface area contributed by atoms with Gasteiger partial charge in [0, 0.05) is 38.5 Å². The second-order valence-corrected chi connectivity index (χ2v) is 12.7. The number of nitrogens with zero attached hydrogens (tertiary/aromatic N) is 5. The lowest BCUT2D eigenvalue weighted by Crippen LogP contribution is -1.99. The van der Waals surface area contributed by atoms with E-state index in [1.807, 2.05) is 0 Å². The molecule has 228 valence electrons. The average Bonchev–Trinajstić information content (AvgIpc) is 3.84. The number of imidazole rings is 2. The van der Waals surface area contributed by atoms with Crippen molar-refractivity contribution in [2.24, 2.45) is 0 Å².